The fourth-order valence-corrected chi connectivity index (χ4v) is 2.38. The Morgan fingerprint density at radius 3 is 2.45 bits per heavy atom. The van der Waals surface area contributed by atoms with E-state index in [1.165, 1.54) is 18.9 Å². The maximum Gasteiger partial charge on any atom is 0.412 e. The molecule has 0 saturated carbocycles. The van der Waals surface area contributed by atoms with Crippen molar-refractivity contribution in [3.05, 3.63) is 11.6 Å². The summed E-state index contributed by atoms with van der Waals surface area (Å²) in [5.74, 6) is 0. The van der Waals surface area contributed by atoms with E-state index in [0.717, 1.165) is 25.9 Å². The van der Waals surface area contributed by atoms with Gasteiger partial charge in [0.1, 0.15) is 0 Å². The van der Waals surface area contributed by atoms with E-state index in [-0.39, 0.29) is 12.0 Å². The van der Waals surface area contributed by atoms with Gasteiger partial charge in [-0.25, -0.2) is 0 Å². The molecule has 0 amide bonds. The lowest BCUT2D eigenvalue weighted by Crippen LogP contribution is -2.32. The van der Waals surface area contributed by atoms with E-state index in [9.17, 15) is 13.2 Å². The number of rotatable bonds is 8. The van der Waals surface area contributed by atoms with Crippen LogP contribution in [0, 0.1) is 0 Å². The first-order valence-electron chi connectivity index (χ1n) is 7.61. The standard InChI is InChI=1S/C15H27F3N2/c1-13(2)19-9-5-3-4-6-10-20-11-7-14(8-12-20)15(16,17)18/h7,13,19H,3-6,8-12H2,1-2H3. The summed E-state index contributed by atoms with van der Waals surface area (Å²) in [6, 6.07) is 0.540. The highest BCUT2D eigenvalue weighted by atomic mass is 19.4. The van der Waals surface area contributed by atoms with Crippen LogP contribution in [0.1, 0.15) is 46.0 Å². The van der Waals surface area contributed by atoms with Crippen molar-refractivity contribution in [1.29, 1.82) is 0 Å². The summed E-state index contributed by atoms with van der Waals surface area (Å²) in [5, 5.41) is 3.38. The van der Waals surface area contributed by atoms with Gasteiger partial charge in [-0.1, -0.05) is 32.8 Å². The summed E-state index contributed by atoms with van der Waals surface area (Å²) in [6.45, 7) is 7.24. The molecule has 1 heterocycles. The Morgan fingerprint density at radius 2 is 1.90 bits per heavy atom. The molecule has 0 aromatic heterocycles. The molecule has 1 aliphatic rings. The average Bonchev–Trinajstić information content (AvgIpc) is 2.37. The Balaban J connectivity index is 2.03. The third kappa shape index (κ3) is 7.29. The highest BCUT2D eigenvalue weighted by molar-refractivity contribution is 5.12. The van der Waals surface area contributed by atoms with Crippen LogP contribution in [0.25, 0.3) is 0 Å². The predicted molar refractivity (Wildman–Crippen MR) is 76.8 cm³/mol. The SMILES string of the molecule is CC(C)NCCCCCCN1CC=C(C(F)(F)F)CC1. The third-order valence-corrected chi connectivity index (χ3v) is 3.61. The molecule has 0 atom stereocenters. The Kier molecular flexibility index (Phi) is 7.59. The van der Waals surface area contributed by atoms with Gasteiger partial charge in [0.2, 0.25) is 0 Å². The molecule has 1 N–H and O–H groups in total. The Labute approximate surface area is 120 Å². The molecule has 0 aromatic carbocycles. The number of halogens is 3. The van der Waals surface area contributed by atoms with Gasteiger partial charge in [0.25, 0.3) is 0 Å². The molecule has 20 heavy (non-hydrogen) atoms. The lowest BCUT2D eigenvalue weighted by Gasteiger charge is -2.27. The van der Waals surface area contributed by atoms with E-state index in [0.29, 0.717) is 19.1 Å². The summed E-state index contributed by atoms with van der Waals surface area (Å²) >= 11 is 0. The molecule has 1 rings (SSSR count). The minimum Gasteiger partial charge on any atom is -0.315 e. The molecule has 1 aliphatic heterocycles. The van der Waals surface area contributed by atoms with Crippen LogP contribution < -0.4 is 5.32 Å². The van der Waals surface area contributed by atoms with Crippen LogP contribution in [0.4, 0.5) is 13.2 Å². The maximum absolute atomic E-state index is 12.5. The molecule has 0 unspecified atom stereocenters. The van der Waals surface area contributed by atoms with Gasteiger partial charge >= 0.3 is 6.18 Å². The van der Waals surface area contributed by atoms with Gasteiger partial charge < -0.3 is 5.32 Å². The summed E-state index contributed by atoms with van der Waals surface area (Å²) in [6.07, 6.45) is 1.96. The predicted octanol–water partition coefficient (Wildman–Crippen LogP) is 3.74. The fourth-order valence-electron chi connectivity index (χ4n) is 2.38. The molecule has 0 spiro atoms. The number of nitrogens with one attached hydrogen (secondary N) is 1. The number of hydrogen-bond acceptors (Lipinski definition) is 2. The summed E-state index contributed by atoms with van der Waals surface area (Å²) in [4.78, 5) is 2.11. The Bertz CT molecular complexity index is 298. The van der Waals surface area contributed by atoms with Crippen LogP contribution in [0.3, 0.4) is 0 Å². The minimum absolute atomic E-state index is 0.141. The first-order chi connectivity index (χ1) is 9.39. The molecule has 0 aromatic rings. The second-order valence-electron chi connectivity index (χ2n) is 5.80. The van der Waals surface area contributed by atoms with Gasteiger partial charge in [-0.05, 0) is 32.4 Å². The first kappa shape index (κ1) is 17.5. The molecule has 0 bridgehead atoms. The summed E-state index contributed by atoms with van der Waals surface area (Å²) in [5.41, 5.74) is -0.353. The topological polar surface area (TPSA) is 15.3 Å². The van der Waals surface area contributed by atoms with Crippen molar-refractivity contribution in [1.82, 2.24) is 10.2 Å². The normalized spacial score (nSPS) is 17.6. The molecule has 5 heteroatoms. The van der Waals surface area contributed by atoms with Crippen LogP contribution in [0.2, 0.25) is 0 Å². The van der Waals surface area contributed by atoms with E-state index in [2.05, 4.69) is 24.1 Å². The smallest absolute Gasteiger partial charge is 0.315 e. The van der Waals surface area contributed by atoms with Crippen molar-refractivity contribution in [3.8, 4) is 0 Å². The largest absolute Gasteiger partial charge is 0.412 e. The average molecular weight is 292 g/mol. The van der Waals surface area contributed by atoms with Crippen LogP contribution in [0.15, 0.2) is 11.6 Å². The Morgan fingerprint density at radius 1 is 1.20 bits per heavy atom. The monoisotopic (exact) mass is 292 g/mol. The lowest BCUT2D eigenvalue weighted by molar-refractivity contribution is -0.0960. The molecule has 0 radical (unpaired) electrons. The first-order valence-corrected chi connectivity index (χ1v) is 7.61. The molecule has 0 saturated heterocycles. The van der Waals surface area contributed by atoms with Gasteiger partial charge in [0.05, 0.1) is 0 Å². The van der Waals surface area contributed by atoms with E-state index in [1.807, 2.05) is 0 Å². The van der Waals surface area contributed by atoms with Crippen molar-refractivity contribution in [3.63, 3.8) is 0 Å². The second-order valence-corrected chi connectivity index (χ2v) is 5.80. The van der Waals surface area contributed by atoms with Gasteiger partial charge in [-0.15, -0.1) is 0 Å². The summed E-state index contributed by atoms with van der Waals surface area (Å²) < 4.78 is 37.4. The highest BCUT2D eigenvalue weighted by Gasteiger charge is 2.34. The van der Waals surface area contributed by atoms with Crippen molar-refractivity contribution >= 4 is 0 Å². The molecular weight excluding hydrogens is 265 g/mol. The molecule has 2 nitrogen and oxygen atoms in total. The zero-order valence-electron chi connectivity index (χ0n) is 12.6. The highest BCUT2D eigenvalue weighted by Crippen LogP contribution is 2.30. The van der Waals surface area contributed by atoms with Gasteiger partial charge in [-0.3, -0.25) is 4.90 Å². The Hall–Kier alpha value is -0.550. The van der Waals surface area contributed by atoms with Crippen LogP contribution in [0.5, 0.6) is 0 Å². The lowest BCUT2D eigenvalue weighted by atomic mass is 10.1. The molecule has 0 aliphatic carbocycles. The van der Waals surface area contributed by atoms with Crippen LogP contribution in [-0.2, 0) is 0 Å². The number of alkyl halides is 3. The molecule has 118 valence electrons. The minimum atomic E-state index is -4.13. The van der Waals surface area contributed by atoms with E-state index >= 15 is 0 Å². The zero-order chi connectivity index (χ0) is 15.0. The van der Waals surface area contributed by atoms with Crippen LogP contribution in [-0.4, -0.2) is 43.3 Å². The van der Waals surface area contributed by atoms with Gasteiger partial charge in [-0.2, -0.15) is 13.2 Å². The molecular formula is C15H27F3N2. The van der Waals surface area contributed by atoms with E-state index in [4.69, 9.17) is 0 Å². The van der Waals surface area contributed by atoms with Crippen molar-refractivity contribution in [2.75, 3.05) is 26.2 Å². The maximum atomic E-state index is 12.5. The van der Waals surface area contributed by atoms with Crippen molar-refractivity contribution in [2.45, 2.75) is 58.2 Å². The quantitative estimate of drug-likeness (QED) is 0.541. The second kappa shape index (κ2) is 8.67. The van der Waals surface area contributed by atoms with Crippen molar-refractivity contribution in [2.24, 2.45) is 0 Å². The number of unbranched alkanes of at least 4 members (excludes halogenated alkanes) is 3. The number of nitrogens with zero attached hydrogens (tertiary/aromatic N) is 1. The van der Waals surface area contributed by atoms with Crippen LogP contribution >= 0.6 is 0 Å². The molecule has 0 fully saturated rings. The fraction of sp³-hybridized carbons (Fsp3) is 0.867. The van der Waals surface area contributed by atoms with Gasteiger partial charge in [0.15, 0.2) is 0 Å². The number of hydrogen-bond donors (Lipinski definition) is 1. The third-order valence-electron chi connectivity index (χ3n) is 3.61. The van der Waals surface area contributed by atoms with E-state index in [1.54, 1.807) is 0 Å². The van der Waals surface area contributed by atoms with E-state index < -0.39 is 6.18 Å². The van der Waals surface area contributed by atoms with Gasteiger partial charge in [0, 0.05) is 24.7 Å². The van der Waals surface area contributed by atoms with Crippen molar-refractivity contribution < 1.29 is 13.2 Å². The zero-order valence-corrected chi connectivity index (χ0v) is 12.6. The summed E-state index contributed by atoms with van der Waals surface area (Å²) in [7, 11) is 0.